The third-order valence-corrected chi connectivity index (χ3v) is 5.12. The Labute approximate surface area is 141 Å². The maximum Gasteiger partial charge on any atom is 0.274 e. The molecule has 2 aromatic heterocycles. The van der Waals surface area contributed by atoms with Crippen LogP contribution in [0.5, 0.6) is 0 Å². The van der Waals surface area contributed by atoms with Crippen molar-refractivity contribution in [3.8, 4) is 0 Å². The average molecular weight is 329 g/mol. The molecule has 0 radical (unpaired) electrons. The van der Waals surface area contributed by atoms with Crippen molar-refractivity contribution >= 4 is 5.91 Å². The predicted molar refractivity (Wildman–Crippen MR) is 86.5 cm³/mol. The van der Waals surface area contributed by atoms with Crippen LogP contribution in [0, 0.1) is 12.8 Å². The van der Waals surface area contributed by atoms with Gasteiger partial charge in [-0.05, 0) is 44.6 Å². The van der Waals surface area contributed by atoms with Crippen molar-refractivity contribution in [2.75, 3.05) is 13.1 Å². The lowest BCUT2D eigenvalue weighted by atomic mass is 9.93. The molecule has 128 valence electrons. The number of aromatic nitrogens is 4. The molecule has 0 aromatic carbocycles. The molecule has 0 bridgehead atoms. The molecule has 24 heavy (non-hydrogen) atoms. The Morgan fingerprint density at radius 1 is 1.29 bits per heavy atom. The van der Waals surface area contributed by atoms with E-state index >= 15 is 0 Å². The van der Waals surface area contributed by atoms with Gasteiger partial charge in [0.1, 0.15) is 0 Å². The van der Waals surface area contributed by atoms with Gasteiger partial charge in [0, 0.05) is 38.2 Å². The lowest BCUT2D eigenvalue weighted by Crippen LogP contribution is -2.39. The van der Waals surface area contributed by atoms with E-state index in [4.69, 9.17) is 4.52 Å². The summed E-state index contributed by atoms with van der Waals surface area (Å²) in [7, 11) is 1.86. The fourth-order valence-electron chi connectivity index (χ4n) is 3.27. The summed E-state index contributed by atoms with van der Waals surface area (Å²) in [5.41, 5.74) is 1.54. The fraction of sp³-hybridized carbons (Fsp3) is 0.647. The third-order valence-electron chi connectivity index (χ3n) is 5.12. The highest BCUT2D eigenvalue weighted by Gasteiger charge is 2.31. The summed E-state index contributed by atoms with van der Waals surface area (Å²) in [4.78, 5) is 18.9. The molecule has 1 saturated heterocycles. The molecule has 1 saturated carbocycles. The van der Waals surface area contributed by atoms with E-state index in [-0.39, 0.29) is 5.91 Å². The van der Waals surface area contributed by atoms with E-state index in [1.165, 1.54) is 12.8 Å². The first kappa shape index (κ1) is 15.4. The van der Waals surface area contributed by atoms with Crippen LogP contribution in [0.1, 0.15) is 59.5 Å². The molecule has 1 aliphatic heterocycles. The van der Waals surface area contributed by atoms with Crippen LogP contribution in [-0.2, 0) is 13.5 Å². The van der Waals surface area contributed by atoms with Gasteiger partial charge in [0.25, 0.3) is 5.91 Å². The molecule has 0 spiro atoms. The predicted octanol–water partition coefficient (Wildman–Crippen LogP) is 2.08. The van der Waals surface area contributed by atoms with Gasteiger partial charge in [-0.25, -0.2) is 0 Å². The van der Waals surface area contributed by atoms with Crippen LogP contribution in [-0.4, -0.2) is 43.8 Å². The van der Waals surface area contributed by atoms with Crippen LogP contribution >= 0.6 is 0 Å². The number of aryl methyl sites for hydroxylation is 2. The molecule has 1 aliphatic carbocycles. The van der Waals surface area contributed by atoms with Gasteiger partial charge in [-0.15, -0.1) is 0 Å². The van der Waals surface area contributed by atoms with Crippen LogP contribution in [0.15, 0.2) is 10.6 Å². The van der Waals surface area contributed by atoms with Gasteiger partial charge in [0.15, 0.2) is 11.5 Å². The summed E-state index contributed by atoms with van der Waals surface area (Å²) in [6.45, 7) is 3.50. The Kier molecular flexibility index (Phi) is 3.86. The smallest absolute Gasteiger partial charge is 0.274 e. The van der Waals surface area contributed by atoms with Crippen LogP contribution in [0.2, 0.25) is 0 Å². The highest BCUT2D eigenvalue weighted by atomic mass is 16.5. The van der Waals surface area contributed by atoms with E-state index < -0.39 is 0 Å². The first-order valence-electron chi connectivity index (χ1n) is 8.72. The number of likely N-dealkylation sites (tertiary alicyclic amines) is 1. The number of piperidine rings is 1. The molecule has 1 amide bonds. The number of nitrogens with zero attached hydrogens (tertiary/aromatic N) is 5. The number of hydrogen-bond donors (Lipinski definition) is 0. The van der Waals surface area contributed by atoms with E-state index in [2.05, 4.69) is 15.2 Å². The maximum atomic E-state index is 12.5. The quantitative estimate of drug-likeness (QED) is 0.858. The second kappa shape index (κ2) is 6.03. The minimum atomic E-state index is 0.0349. The van der Waals surface area contributed by atoms with E-state index in [9.17, 15) is 4.79 Å². The van der Waals surface area contributed by atoms with Crippen LogP contribution in [0.3, 0.4) is 0 Å². The first-order valence-corrected chi connectivity index (χ1v) is 8.72. The number of amides is 1. The molecule has 4 rings (SSSR count). The number of carbonyl (C=O) groups excluding carboxylic acids is 1. The fourth-order valence-corrected chi connectivity index (χ4v) is 3.27. The summed E-state index contributed by atoms with van der Waals surface area (Å²) in [5, 5.41) is 8.40. The second-order valence-electron chi connectivity index (χ2n) is 7.06. The SMILES string of the molecule is Cc1cc(C(=O)N2CCC(Cc3noc(C4CC4)n3)CC2)nn1C. The van der Waals surface area contributed by atoms with Crippen molar-refractivity contribution in [2.45, 2.75) is 44.9 Å². The Hall–Kier alpha value is -2.18. The summed E-state index contributed by atoms with van der Waals surface area (Å²) in [5.74, 6) is 2.69. The van der Waals surface area contributed by atoms with Gasteiger partial charge in [-0.2, -0.15) is 10.1 Å². The average Bonchev–Trinajstić information content (AvgIpc) is 3.24. The molecule has 0 atom stereocenters. The number of carbonyl (C=O) groups is 1. The molecule has 2 aliphatic rings. The zero-order chi connectivity index (χ0) is 16.7. The van der Waals surface area contributed by atoms with Crippen molar-refractivity contribution < 1.29 is 9.32 Å². The molecule has 2 fully saturated rings. The van der Waals surface area contributed by atoms with Crippen molar-refractivity contribution in [1.82, 2.24) is 24.8 Å². The van der Waals surface area contributed by atoms with Crippen LogP contribution < -0.4 is 0 Å². The molecule has 0 N–H and O–H groups in total. The number of hydrogen-bond acceptors (Lipinski definition) is 5. The second-order valence-corrected chi connectivity index (χ2v) is 7.06. The summed E-state index contributed by atoms with van der Waals surface area (Å²) in [6.07, 6.45) is 5.15. The maximum absolute atomic E-state index is 12.5. The van der Waals surface area contributed by atoms with Gasteiger partial charge in [0.05, 0.1) is 0 Å². The van der Waals surface area contributed by atoms with E-state index in [1.54, 1.807) is 4.68 Å². The van der Waals surface area contributed by atoms with Gasteiger partial charge in [-0.1, -0.05) is 5.16 Å². The number of rotatable bonds is 4. The van der Waals surface area contributed by atoms with Gasteiger partial charge in [-0.3, -0.25) is 9.48 Å². The summed E-state index contributed by atoms with van der Waals surface area (Å²) in [6, 6.07) is 1.85. The Balaban J connectivity index is 1.31. The van der Waals surface area contributed by atoms with Crippen molar-refractivity contribution in [3.05, 3.63) is 29.2 Å². The van der Waals surface area contributed by atoms with Crippen molar-refractivity contribution in [2.24, 2.45) is 13.0 Å². The lowest BCUT2D eigenvalue weighted by molar-refractivity contribution is 0.0683. The minimum Gasteiger partial charge on any atom is -0.339 e. The lowest BCUT2D eigenvalue weighted by Gasteiger charge is -2.31. The first-order chi connectivity index (χ1) is 11.6. The third kappa shape index (κ3) is 3.07. The zero-order valence-electron chi connectivity index (χ0n) is 14.2. The van der Waals surface area contributed by atoms with Crippen LogP contribution in [0.4, 0.5) is 0 Å². The Morgan fingerprint density at radius 3 is 2.67 bits per heavy atom. The highest BCUT2D eigenvalue weighted by Crippen LogP contribution is 2.39. The molecule has 2 aromatic rings. The van der Waals surface area contributed by atoms with Crippen molar-refractivity contribution in [1.29, 1.82) is 0 Å². The zero-order valence-corrected chi connectivity index (χ0v) is 14.2. The molecule has 0 unspecified atom stereocenters. The topological polar surface area (TPSA) is 77.1 Å². The highest BCUT2D eigenvalue weighted by molar-refractivity contribution is 5.92. The van der Waals surface area contributed by atoms with E-state index in [0.717, 1.165) is 49.8 Å². The molecule has 7 nitrogen and oxygen atoms in total. The van der Waals surface area contributed by atoms with Gasteiger partial charge >= 0.3 is 0 Å². The summed E-state index contributed by atoms with van der Waals surface area (Å²) >= 11 is 0. The van der Waals surface area contributed by atoms with E-state index in [0.29, 0.717) is 17.5 Å². The van der Waals surface area contributed by atoms with Crippen molar-refractivity contribution in [3.63, 3.8) is 0 Å². The minimum absolute atomic E-state index is 0.0349. The monoisotopic (exact) mass is 329 g/mol. The van der Waals surface area contributed by atoms with Gasteiger partial charge in [0.2, 0.25) is 5.89 Å². The molecule has 3 heterocycles. The largest absolute Gasteiger partial charge is 0.339 e. The molecule has 7 heteroatoms. The standard InChI is InChI=1S/C17H23N5O2/c1-11-9-14(19-21(11)2)17(23)22-7-5-12(6-8-22)10-15-18-16(24-20-15)13-3-4-13/h9,12-13H,3-8,10H2,1-2H3. The molecular weight excluding hydrogens is 306 g/mol. The van der Waals surface area contributed by atoms with Crippen LogP contribution in [0.25, 0.3) is 0 Å². The van der Waals surface area contributed by atoms with Gasteiger partial charge < -0.3 is 9.42 Å². The van der Waals surface area contributed by atoms with E-state index in [1.807, 2.05) is 24.9 Å². The normalized spacial score (nSPS) is 19.0. The molecular formula is C17H23N5O2. The Bertz CT molecular complexity index is 718. The Morgan fingerprint density at radius 2 is 2.04 bits per heavy atom. The summed E-state index contributed by atoms with van der Waals surface area (Å²) < 4.78 is 7.07.